The average Bonchev–Trinajstić information content (AvgIpc) is 2.89. The summed E-state index contributed by atoms with van der Waals surface area (Å²) in [5, 5.41) is 12.6. The van der Waals surface area contributed by atoms with E-state index in [1.807, 2.05) is 12.2 Å². The van der Waals surface area contributed by atoms with Crippen LogP contribution in [0.4, 0.5) is 0 Å². The summed E-state index contributed by atoms with van der Waals surface area (Å²) in [5.41, 5.74) is -0.384. The molecule has 1 saturated heterocycles. The standard InChI is InChI=1S/C26H36N2O9/c1-6-7-8-9-10-11-17-22(37-24(31)15(2)3)16(4)36-26(33)18(14-35-25(17)32)28-23(30)20-21(29)19(34-5)12-13-27-20/h9-10,12-13,15-18,22,29H,6-8,11,14H2,1-5H3,(H,28,30)/b10-9+/t16-,17+,18-,22-/m0/s1. The zero-order chi connectivity index (χ0) is 27.5. The summed E-state index contributed by atoms with van der Waals surface area (Å²) in [6.07, 6.45) is 5.95. The average molecular weight is 521 g/mol. The highest BCUT2D eigenvalue weighted by atomic mass is 16.6. The molecule has 204 valence electrons. The zero-order valence-corrected chi connectivity index (χ0v) is 21.9. The van der Waals surface area contributed by atoms with Gasteiger partial charge in [-0.25, -0.2) is 9.78 Å². The molecule has 4 atom stereocenters. The zero-order valence-electron chi connectivity index (χ0n) is 21.9. The third kappa shape index (κ3) is 8.19. The Hall–Kier alpha value is -3.63. The third-order valence-electron chi connectivity index (χ3n) is 5.77. The first kappa shape index (κ1) is 29.6. The topological polar surface area (TPSA) is 150 Å². The maximum absolute atomic E-state index is 13.1. The number of hydrogen-bond donors (Lipinski definition) is 2. The van der Waals surface area contributed by atoms with Crippen LogP contribution in [0.3, 0.4) is 0 Å². The second-order valence-corrected chi connectivity index (χ2v) is 9.02. The van der Waals surface area contributed by atoms with Gasteiger partial charge in [0.2, 0.25) is 0 Å². The van der Waals surface area contributed by atoms with Crippen LogP contribution in [0.1, 0.15) is 63.9 Å². The van der Waals surface area contributed by atoms with Crippen LogP contribution in [0.2, 0.25) is 0 Å². The van der Waals surface area contributed by atoms with Gasteiger partial charge in [0.15, 0.2) is 29.3 Å². The summed E-state index contributed by atoms with van der Waals surface area (Å²) in [5.74, 6) is -4.95. The largest absolute Gasteiger partial charge is 0.503 e. The Bertz CT molecular complexity index is 992. The van der Waals surface area contributed by atoms with E-state index in [9.17, 15) is 24.3 Å². The van der Waals surface area contributed by atoms with Crippen LogP contribution in [0, 0.1) is 11.8 Å². The highest BCUT2D eigenvalue weighted by Gasteiger charge is 2.41. The maximum Gasteiger partial charge on any atom is 0.332 e. The summed E-state index contributed by atoms with van der Waals surface area (Å²) in [7, 11) is 1.31. The number of unbranched alkanes of at least 4 members (excludes halogenated alkanes) is 2. The number of hydrogen-bond acceptors (Lipinski definition) is 10. The van der Waals surface area contributed by atoms with Gasteiger partial charge in [0.1, 0.15) is 18.6 Å². The fourth-order valence-corrected chi connectivity index (χ4v) is 3.59. The molecule has 1 aliphatic rings. The highest BCUT2D eigenvalue weighted by Crippen LogP contribution is 2.28. The third-order valence-corrected chi connectivity index (χ3v) is 5.77. The molecule has 11 nitrogen and oxygen atoms in total. The molecule has 0 bridgehead atoms. The van der Waals surface area contributed by atoms with Gasteiger partial charge in [0, 0.05) is 12.3 Å². The van der Waals surface area contributed by atoms with Crippen molar-refractivity contribution in [2.45, 2.75) is 71.6 Å². The summed E-state index contributed by atoms with van der Waals surface area (Å²) >= 11 is 0. The van der Waals surface area contributed by atoms with Crippen molar-refractivity contribution in [3.8, 4) is 11.5 Å². The molecule has 0 saturated carbocycles. The van der Waals surface area contributed by atoms with Gasteiger partial charge < -0.3 is 29.4 Å². The number of nitrogens with zero attached hydrogens (tertiary/aromatic N) is 1. The van der Waals surface area contributed by atoms with Gasteiger partial charge in [-0.3, -0.25) is 14.4 Å². The Kier molecular flexibility index (Phi) is 11.4. The lowest BCUT2D eigenvalue weighted by Crippen LogP contribution is -2.46. The fraction of sp³-hybridized carbons (Fsp3) is 0.577. The Balaban J connectivity index is 2.28. The van der Waals surface area contributed by atoms with Crippen LogP contribution in [-0.4, -0.2) is 65.9 Å². The first-order chi connectivity index (χ1) is 17.6. The number of esters is 3. The van der Waals surface area contributed by atoms with Gasteiger partial charge in [0.25, 0.3) is 5.91 Å². The van der Waals surface area contributed by atoms with Crippen LogP contribution >= 0.6 is 0 Å². The van der Waals surface area contributed by atoms with E-state index in [1.54, 1.807) is 13.8 Å². The van der Waals surface area contributed by atoms with Crippen molar-refractivity contribution in [2.75, 3.05) is 13.7 Å². The monoisotopic (exact) mass is 520 g/mol. The molecule has 1 amide bonds. The maximum atomic E-state index is 13.1. The summed E-state index contributed by atoms with van der Waals surface area (Å²) in [6.45, 7) is 6.36. The van der Waals surface area contributed by atoms with Crippen LogP contribution < -0.4 is 10.1 Å². The molecule has 2 rings (SSSR count). The molecular formula is C26H36N2O9. The molecule has 1 aromatic heterocycles. The van der Waals surface area contributed by atoms with Gasteiger partial charge in [-0.15, -0.1) is 0 Å². The van der Waals surface area contributed by atoms with Gasteiger partial charge in [-0.1, -0.05) is 45.8 Å². The number of methoxy groups -OCH3 is 1. The molecule has 2 heterocycles. The number of carbonyl (C=O) groups is 4. The van der Waals surface area contributed by atoms with Crippen molar-refractivity contribution in [3.05, 3.63) is 30.1 Å². The molecule has 0 spiro atoms. The quantitative estimate of drug-likeness (QED) is 0.204. The van der Waals surface area contributed by atoms with Crippen LogP contribution in [-0.2, 0) is 28.6 Å². The molecule has 0 aromatic carbocycles. The van der Waals surface area contributed by atoms with Gasteiger partial charge in [0.05, 0.1) is 13.0 Å². The van der Waals surface area contributed by atoms with Gasteiger partial charge in [-0.2, -0.15) is 0 Å². The molecule has 1 aromatic rings. The number of cyclic esters (lactones) is 2. The minimum atomic E-state index is -1.40. The van der Waals surface area contributed by atoms with Crippen molar-refractivity contribution in [3.63, 3.8) is 0 Å². The molecule has 0 unspecified atom stereocenters. The second kappa shape index (κ2) is 14.2. The predicted molar refractivity (Wildman–Crippen MR) is 132 cm³/mol. The lowest BCUT2D eigenvalue weighted by molar-refractivity contribution is -0.176. The number of ether oxygens (including phenoxy) is 4. The van der Waals surface area contributed by atoms with Crippen LogP contribution in [0.5, 0.6) is 11.5 Å². The molecule has 1 aliphatic heterocycles. The van der Waals surface area contributed by atoms with Crippen molar-refractivity contribution in [2.24, 2.45) is 11.8 Å². The number of amides is 1. The predicted octanol–water partition coefficient (Wildman–Crippen LogP) is 2.70. The summed E-state index contributed by atoms with van der Waals surface area (Å²) in [6, 6.07) is -0.0363. The van der Waals surface area contributed by atoms with E-state index in [1.165, 1.54) is 26.3 Å². The Morgan fingerprint density at radius 2 is 2.00 bits per heavy atom. The number of aromatic hydroxyl groups is 1. The first-order valence-corrected chi connectivity index (χ1v) is 12.4. The molecule has 0 aliphatic carbocycles. The molecular weight excluding hydrogens is 484 g/mol. The van der Waals surface area contributed by atoms with Crippen molar-refractivity contribution >= 4 is 23.8 Å². The Morgan fingerprint density at radius 1 is 1.27 bits per heavy atom. The molecule has 1 fully saturated rings. The molecule has 2 N–H and O–H groups in total. The fourth-order valence-electron chi connectivity index (χ4n) is 3.59. The Labute approximate surface area is 216 Å². The van der Waals surface area contributed by atoms with Crippen molar-refractivity contribution < 1.29 is 43.2 Å². The highest BCUT2D eigenvalue weighted by molar-refractivity contribution is 5.98. The number of nitrogens with one attached hydrogen (secondary N) is 1. The van der Waals surface area contributed by atoms with E-state index < -0.39 is 66.3 Å². The number of pyridine rings is 1. The Morgan fingerprint density at radius 3 is 2.65 bits per heavy atom. The summed E-state index contributed by atoms with van der Waals surface area (Å²) < 4.78 is 21.5. The van der Waals surface area contributed by atoms with E-state index >= 15 is 0 Å². The van der Waals surface area contributed by atoms with E-state index in [0.717, 1.165) is 19.3 Å². The van der Waals surface area contributed by atoms with Crippen molar-refractivity contribution in [1.82, 2.24) is 10.3 Å². The van der Waals surface area contributed by atoms with Crippen molar-refractivity contribution in [1.29, 1.82) is 0 Å². The SMILES string of the molecule is CCCC/C=C/C[C@H]1C(=O)OC[C@H](NC(=O)c2nccc(OC)c2O)C(=O)O[C@@H](C)[C@@H]1OC(=O)C(C)C. The smallest absolute Gasteiger partial charge is 0.332 e. The molecule has 37 heavy (non-hydrogen) atoms. The number of allylic oxidation sites excluding steroid dienone is 2. The van der Waals surface area contributed by atoms with E-state index in [0.29, 0.717) is 0 Å². The van der Waals surface area contributed by atoms with Crippen LogP contribution in [0.15, 0.2) is 24.4 Å². The van der Waals surface area contributed by atoms with E-state index in [-0.39, 0.29) is 17.9 Å². The van der Waals surface area contributed by atoms with E-state index in [2.05, 4.69) is 17.2 Å². The molecule has 11 heteroatoms. The number of carbonyl (C=O) groups excluding carboxylic acids is 4. The van der Waals surface area contributed by atoms with Gasteiger partial charge in [-0.05, 0) is 19.8 Å². The normalized spacial score (nSPS) is 22.4. The summed E-state index contributed by atoms with van der Waals surface area (Å²) in [4.78, 5) is 55.0. The minimum Gasteiger partial charge on any atom is -0.503 e. The lowest BCUT2D eigenvalue weighted by Gasteiger charge is -2.29. The van der Waals surface area contributed by atoms with E-state index in [4.69, 9.17) is 18.9 Å². The minimum absolute atomic E-state index is 0.0156. The first-order valence-electron chi connectivity index (χ1n) is 12.4. The van der Waals surface area contributed by atoms with Gasteiger partial charge >= 0.3 is 17.9 Å². The number of aromatic nitrogens is 1. The number of rotatable bonds is 10. The molecule has 0 radical (unpaired) electrons. The van der Waals surface area contributed by atoms with Crippen LogP contribution in [0.25, 0.3) is 0 Å². The second-order valence-electron chi connectivity index (χ2n) is 9.02. The lowest BCUT2D eigenvalue weighted by atomic mass is 9.94.